The maximum Gasteiger partial charge on any atom is 0.243 e. The van der Waals surface area contributed by atoms with Crippen LogP contribution in [0.1, 0.15) is 63.1 Å². The Hall–Kier alpha value is -2.42. The molecule has 2 aromatic rings. The van der Waals surface area contributed by atoms with Crippen molar-refractivity contribution in [3.05, 3.63) is 52.5 Å². The molecule has 3 heterocycles. The van der Waals surface area contributed by atoms with Gasteiger partial charge in [0.05, 0.1) is 41.6 Å². The molecule has 48 heavy (non-hydrogen) atoms. The van der Waals surface area contributed by atoms with E-state index in [1.807, 2.05) is 42.8 Å². The van der Waals surface area contributed by atoms with Crippen LogP contribution in [0.15, 0.2) is 41.2 Å². The van der Waals surface area contributed by atoms with Crippen molar-refractivity contribution in [2.24, 2.45) is 17.8 Å². The minimum atomic E-state index is -3.75. The molecule has 266 valence electrons. The van der Waals surface area contributed by atoms with Crippen molar-refractivity contribution in [2.45, 2.75) is 89.0 Å². The van der Waals surface area contributed by atoms with Crippen molar-refractivity contribution in [1.82, 2.24) is 24.8 Å². The monoisotopic (exact) mass is 703 g/mol. The van der Waals surface area contributed by atoms with E-state index >= 15 is 0 Å². The highest BCUT2D eigenvalue weighted by atomic mass is 32.2. The van der Waals surface area contributed by atoms with Crippen molar-refractivity contribution >= 4 is 33.2 Å². The Morgan fingerprint density at radius 2 is 1.77 bits per heavy atom. The number of rotatable bonds is 16. The van der Waals surface area contributed by atoms with Crippen LogP contribution >= 0.6 is 11.3 Å². The minimum Gasteiger partial charge on any atom is -0.388 e. The number of hydrogen-bond acceptors (Lipinski definition) is 9. The standard InChI is InChI=1S/C35H53N5O6S2/c1-3-27-21-46-33(27)32(41)30(19-26-12-8-5-9-13-26)37-35(43)31(20-29-22-47-24-36-29)38-34(42)28(18-25-10-6-4-7-11-25)23-48(44,45)40-16-14-39(2)15-17-40/h4,6-7,10-11,22,24,26-28,30-33,41H,3,5,8-9,12-21,23H2,1-2H3,(H,37,43)(H,38,42)/t27-,28+,30-,31-,32+,33-/m0/s1. The molecule has 1 saturated carbocycles. The molecule has 1 aromatic heterocycles. The topological polar surface area (TPSA) is 141 Å². The fourth-order valence-corrected chi connectivity index (χ4v) is 9.53. The van der Waals surface area contributed by atoms with Crippen LogP contribution in [-0.2, 0) is 37.2 Å². The molecule has 0 radical (unpaired) electrons. The predicted molar refractivity (Wildman–Crippen MR) is 187 cm³/mol. The maximum absolute atomic E-state index is 14.2. The summed E-state index contributed by atoms with van der Waals surface area (Å²) in [6.07, 6.45) is 6.27. The first-order valence-electron chi connectivity index (χ1n) is 17.6. The van der Waals surface area contributed by atoms with E-state index in [0.29, 0.717) is 50.8 Å². The fourth-order valence-electron chi connectivity index (χ4n) is 7.25. The third-order valence-corrected chi connectivity index (χ3v) is 13.0. The molecule has 0 bridgehead atoms. The van der Waals surface area contributed by atoms with E-state index in [4.69, 9.17) is 4.74 Å². The summed E-state index contributed by atoms with van der Waals surface area (Å²) in [5, 5.41) is 19.5. The molecule has 1 aromatic carbocycles. The average molecular weight is 704 g/mol. The highest BCUT2D eigenvalue weighted by molar-refractivity contribution is 7.89. The van der Waals surface area contributed by atoms with Crippen molar-refractivity contribution < 1.29 is 27.9 Å². The van der Waals surface area contributed by atoms with Crippen molar-refractivity contribution in [3.63, 3.8) is 0 Å². The Morgan fingerprint density at radius 3 is 2.40 bits per heavy atom. The molecule has 2 aliphatic heterocycles. The maximum atomic E-state index is 14.2. The lowest BCUT2D eigenvalue weighted by molar-refractivity contribution is -0.177. The fraction of sp³-hybridized carbons (Fsp3) is 0.686. The molecule has 1 aliphatic carbocycles. The summed E-state index contributed by atoms with van der Waals surface area (Å²) < 4.78 is 34.5. The number of piperazine rings is 1. The average Bonchev–Trinajstić information content (AvgIpc) is 3.58. The second kappa shape index (κ2) is 17.5. The Balaban J connectivity index is 1.35. The number of aliphatic hydroxyl groups is 1. The number of aromatic nitrogens is 1. The number of aliphatic hydroxyl groups excluding tert-OH is 1. The zero-order valence-corrected chi connectivity index (χ0v) is 30.0. The van der Waals surface area contributed by atoms with Gasteiger partial charge >= 0.3 is 0 Å². The third kappa shape index (κ3) is 10.1. The molecule has 2 saturated heterocycles. The van der Waals surface area contributed by atoms with Crippen LogP contribution in [0.2, 0.25) is 0 Å². The summed E-state index contributed by atoms with van der Waals surface area (Å²) in [6, 6.07) is 7.83. The lowest BCUT2D eigenvalue weighted by Crippen LogP contribution is -2.60. The van der Waals surface area contributed by atoms with Crippen molar-refractivity contribution in [2.75, 3.05) is 45.6 Å². The lowest BCUT2D eigenvalue weighted by atomic mass is 9.80. The molecule has 13 heteroatoms. The summed E-state index contributed by atoms with van der Waals surface area (Å²) in [5.74, 6) is -1.56. The van der Waals surface area contributed by atoms with E-state index < -0.39 is 45.9 Å². The number of benzene rings is 1. The van der Waals surface area contributed by atoms with Gasteiger partial charge in [-0.1, -0.05) is 69.4 Å². The van der Waals surface area contributed by atoms with Gasteiger partial charge in [-0.15, -0.1) is 11.3 Å². The summed E-state index contributed by atoms with van der Waals surface area (Å²) >= 11 is 1.40. The summed E-state index contributed by atoms with van der Waals surface area (Å²) in [7, 11) is -1.79. The quantitative estimate of drug-likeness (QED) is 0.243. The minimum absolute atomic E-state index is 0.147. The molecule has 0 unspecified atom stereocenters. The molecule has 3 aliphatic rings. The van der Waals surface area contributed by atoms with Crippen molar-refractivity contribution in [3.8, 4) is 0 Å². The molecule has 6 atom stereocenters. The van der Waals surface area contributed by atoms with Gasteiger partial charge in [0.25, 0.3) is 0 Å². The largest absolute Gasteiger partial charge is 0.388 e. The van der Waals surface area contributed by atoms with E-state index in [0.717, 1.165) is 37.7 Å². The molecular formula is C35H53N5O6S2. The first kappa shape index (κ1) is 36.9. The molecule has 11 nitrogen and oxygen atoms in total. The Labute approximate surface area is 289 Å². The highest BCUT2D eigenvalue weighted by Crippen LogP contribution is 2.32. The van der Waals surface area contributed by atoms with Crippen LogP contribution in [0.3, 0.4) is 0 Å². The van der Waals surface area contributed by atoms with Crippen LogP contribution in [0.5, 0.6) is 0 Å². The number of hydrogen-bond donors (Lipinski definition) is 3. The van der Waals surface area contributed by atoms with E-state index in [1.54, 1.807) is 5.51 Å². The second-order valence-electron chi connectivity index (χ2n) is 13.9. The number of carbonyl (C=O) groups is 2. The number of nitrogens with one attached hydrogen (secondary N) is 2. The number of amides is 2. The molecule has 5 rings (SSSR count). The van der Waals surface area contributed by atoms with Gasteiger partial charge < -0.3 is 25.4 Å². The number of thiazole rings is 1. The second-order valence-corrected chi connectivity index (χ2v) is 16.7. The molecule has 3 N–H and O–H groups in total. The van der Waals surface area contributed by atoms with Gasteiger partial charge in [-0.25, -0.2) is 13.4 Å². The number of nitrogens with zero attached hydrogens (tertiary/aromatic N) is 3. The summed E-state index contributed by atoms with van der Waals surface area (Å²) in [5.41, 5.74) is 3.18. The van der Waals surface area contributed by atoms with Crippen LogP contribution < -0.4 is 10.6 Å². The number of likely N-dealkylation sites (N-methyl/N-ethyl adjacent to an activating group) is 1. The van der Waals surface area contributed by atoms with Gasteiger partial charge in [0.15, 0.2) is 0 Å². The van der Waals surface area contributed by atoms with E-state index in [-0.39, 0.29) is 30.6 Å². The molecule has 3 fully saturated rings. The smallest absolute Gasteiger partial charge is 0.243 e. The van der Waals surface area contributed by atoms with Gasteiger partial charge in [0.2, 0.25) is 21.8 Å². The summed E-state index contributed by atoms with van der Waals surface area (Å²) in [6.45, 7) is 4.69. The number of ether oxygens (including phenoxy) is 1. The van der Waals surface area contributed by atoms with E-state index in [9.17, 15) is 23.1 Å². The normalized spacial score (nSPS) is 23.8. The Kier molecular flexibility index (Phi) is 13.4. The molecule has 0 spiro atoms. The molecular weight excluding hydrogens is 651 g/mol. The van der Waals surface area contributed by atoms with Gasteiger partial charge in [-0.05, 0) is 37.8 Å². The van der Waals surface area contributed by atoms with Crippen LogP contribution in [0.25, 0.3) is 0 Å². The molecule has 2 amide bonds. The first-order chi connectivity index (χ1) is 23.1. The van der Waals surface area contributed by atoms with E-state index in [1.165, 1.54) is 22.1 Å². The third-order valence-electron chi connectivity index (χ3n) is 10.4. The van der Waals surface area contributed by atoms with Crippen LogP contribution in [0.4, 0.5) is 0 Å². The Bertz CT molecular complexity index is 1400. The lowest BCUT2D eigenvalue weighted by Gasteiger charge is -2.43. The van der Waals surface area contributed by atoms with E-state index in [2.05, 4.69) is 27.4 Å². The Morgan fingerprint density at radius 1 is 1.04 bits per heavy atom. The zero-order chi connectivity index (χ0) is 34.1. The van der Waals surface area contributed by atoms with Gasteiger partial charge in [0.1, 0.15) is 12.1 Å². The van der Waals surface area contributed by atoms with Gasteiger partial charge in [0, 0.05) is 43.9 Å². The zero-order valence-electron chi connectivity index (χ0n) is 28.3. The SMILES string of the molecule is CC[C@H]1CO[C@@H]1[C@H](O)[C@H](CC1CCCCC1)NC(=O)[C@H](Cc1cscn1)NC(=O)[C@H](Cc1ccccc1)CS(=O)(=O)N1CCN(C)CC1. The van der Waals surface area contributed by atoms with Gasteiger partial charge in [-0.2, -0.15) is 4.31 Å². The number of sulfonamides is 1. The van der Waals surface area contributed by atoms with Crippen LogP contribution in [0, 0.1) is 17.8 Å². The van der Waals surface area contributed by atoms with Crippen LogP contribution in [-0.4, -0.2) is 109 Å². The van der Waals surface area contributed by atoms with Crippen molar-refractivity contribution in [1.29, 1.82) is 0 Å². The number of carbonyl (C=O) groups excluding carboxylic acids is 2. The highest BCUT2D eigenvalue weighted by Gasteiger charge is 2.42. The predicted octanol–water partition coefficient (Wildman–Crippen LogP) is 2.85. The van der Waals surface area contributed by atoms with Gasteiger partial charge in [-0.3, -0.25) is 9.59 Å². The first-order valence-corrected chi connectivity index (χ1v) is 20.2. The summed E-state index contributed by atoms with van der Waals surface area (Å²) in [4.78, 5) is 34.7.